The van der Waals surface area contributed by atoms with E-state index in [9.17, 15) is 19.5 Å². The molecule has 0 aromatic rings. The number of rotatable bonds is 7. The molecule has 1 saturated heterocycles. The fourth-order valence-electron chi connectivity index (χ4n) is 2.61. The lowest BCUT2D eigenvalue weighted by Gasteiger charge is -2.28. The third-order valence-corrected chi connectivity index (χ3v) is 3.74. The molecule has 1 aliphatic rings. The second kappa shape index (κ2) is 9.25. The number of hydrogen-bond acceptors (Lipinski definition) is 5. The number of carbonyl (C=O) groups excluding carboxylic acids is 2. The highest BCUT2D eigenvalue weighted by Crippen LogP contribution is 2.21. The molecule has 0 saturated carbocycles. The summed E-state index contributed by atoms with van der Waals surface area (Å²) in [5.74, 6) is -1.72. The summed E-state index contributed by atoms with van der Waals surface area (Å²) in [7, 11) is 0. The van der Waals surface area contributed by atoms with Gasteiger partial charge in [-0.25, -0.2) is 9.59 Å². The number of aliphatic imine (C=N–C) groups is 1. The van der Waals surface area contributed by atoms with Crippen LogP contribution in [-0.4, -0.2) is 64.7 Å². The lowest BCUT2D eigenvalue weighted by atomic mass is 10.1. The Bertz CT molecular complexity index is 554. The zero-order chi connectivity index (χ0) is 19.9. The molecule has 148 valence electrons. The van der Waals surface area contributed by atoms with E-state index in [4.69, 9.17) is 16.2 Å². The van der Waals surface area contributed by atoms with Gasteiger partial charge in [0.25, 0.3) is 0 Å². The van der Waals surface area contributed by atoms with Crippen molar-refractivity contribution in [3.05, 3.63) is 0 Å². The molecule has 0 aromatic heterocycles. The Morgan fingerprint density at radius 1 is 1.35 bits per heavy atom. The number of ether oxygens (including phenoxy) is 1. The highest BCUT2D eigenvalue weighted by atomic mass is 16.6. The molecule has 1 rings (SSSR count). The molecule has 1 heterocycles. The smallest absolute Gasteiger partial charge is 0.410 e. The third-order valence-electron chi connectivity index (χ3n) is 3.74. The fourth-order valence-corrected chi connectivity index (χ4v) is 2.61. The second-order valence-electron chi connectivity index (χ2n) is 7.18. The molecule has 26 heavy (non-hydrogen) atoms. The van der Waals surface area contributed by atoms with Crippen LogP contribution in [0.3, 0.4) is 0 Å². The van der Waals surface area contributed by atoms with Crippen molar-refractivity contribution in [2.45, 2.75) is 64.1 Å². The number of nitrogens with one attached hydrogen (secondary N) is 1. The molecule has 10 heteroatoms. The van der Waals surface area contributed by atoms with Gasteiger partial charge in [-0.1, -0.05) is 0 Å². The minimum absolute atomic E-state index is 0.0696. The maximum absolute atomic E-state index is 12.5. The number of nitrogens with two attached hydrogens (primary N) is 2. The number of carbonyl (C=O) groups is 3. The van der Waals surface area contributed by atoms with Crippen LogP contribution in [0.15, 0.2) is 4.99 Å². The van der Waals surface area contributed by atoms with E-state index in [0.29, 0.717) is 25.8 Å². The van der Waals surface area contributed by atoms with E-state index in [1.165, 1.54) is 4.90 Å². The Kier molecular flexibility index (Phi) is 7.66. The molecule has 6 N–H and O–H groups in total. The summed E-state index contributed by atoms with van der Waals surface area (Å²) < 4.78 is 5.31. The number of likely N-dealkylation sites (tertiary alicyclic amines) is 1. The Balaban J connectivity index is 2.65. The molecule has 0 aromatic carbocycles. The predicted octanol–water partition coefficient (Wildman–Crippen LogP) is 0.00890. The number of nitrogens with zero attached hydrogens (tertiary/aromatic N) is 2. The van der Waals surface area contributed by atoms with Gasteiger partial charge in [0.05, 0.1) is 0 Å². The number of hydrogen-bond donors (Lipinski definition) is 4. The van der Waals surface area contributed by atoms with Crippen LogP contribution in [0.5, 0.6) is 0 Å². The first kappa shape index (κ1) is 21.5. The first-order valence-electron chi connectivity index (χ1n) is 8.59. The minimum Gasteiger partial charge on any atom is -0.480 e. The monoisotopic (exact) mass is 371 g/mol. The first-order valence-corrected chi connectivity index (χ1v) is 8.59. The van der Waals surface area contributed by atoms with Gasteiger partial charge in [0, 0.05) is 13.1 Å². The van der Waals surface area contributed by atoms with Gasteiger partial charge in [-0.3, -0.25) is 14.7 Å². The summed E-state index contributed by atoms with van der Waals surface area (Å²) in [6.45, 7) is 5.90. The van der Waals surface area contributed by atoms with Gasteiger partial charge in [0.15, 0.2) is 5.96 Å². The quantitative estimate of drug-likeness (QED) is 0.278. The fraction of sp³-hybridized carbons (Fsp3) is 0.750. The summed E-state index contributed by atoms with van der Waals surface area (Å²) >= 11 is 0. The topological polar surface area (TPSA) is 160 Å². The maximum Gasteiger partial charge on any atom is 0.410 e. The second-order valence-corrected chi connectivity index (χ2v) is 7.18. The van der Waals surface area contributed by atoms with Crippen LogP contribution in [0.25, 0.3) is 0 Å². The van der Waals surface area contributed by atoms with Crippen molar-refractivity contribution in [2.75, 3.05) is 13.1 Å². The number of aliphatic carboxylic acids is 1. The molecule has 0 spiro atoms. The van der Waals surface area contributed by atoms with Crippen molar-refractivity contribution < 1.29 is 24.2 Å². The highest BCUT2D eigenvalue weighted by molar-refractivity contribution is 5.89. The SMILES string of the molecule is CC(C)(C)OC(=O)N1CCC[C@H]1C(=O)NC(CCCN=C(N)N)C(=O)O. The summed E-state index contributed by atoms with van der Waals surface area (Å²) in [6, 6.07) is -1.80. The Morgan fingerprint density at radius 2 is 2.00 bits per heavy atom. The van der Waals surface area contributed by atoms with E-state index in [2.05, 4.69) is 10.3 Å². The van der Waals surface area contributed by atoms with E-state index >= 15 is 0 Å². The van der Waals surface area contributed by atoms with Crippen LogP contribution in [0.2, 0.25) is 0 Å². The van der Waals surface area contributed by atoms with Gasteiger partial charge in [0.2, 0.25) is 5.91 Å². The van der Waals surface area contributed by atoms with Crippen LogP contribution in [0.4, 0.5) is 4.79 Å². The molecule has 2 amide bonds. The van der Waals surface area contributed by atoms with Gasteiger partial charge in [0.1, 0.15) is 17.7 Å². The van der Waals surface area contributed by atoms with Gasteiger partial charge >= 0.3 is 12.1 Å². The number of carboxylic acid groups (broad SMARTS) is 1. The van der Waals surface area contributed by atoms with E-state index in [-0.39, 0.29) is 18.9 Å². The van der Waals surface area contributed by atoms with Crippen LogP contribution >= 0.6 is 0 Å². The molecule has 0 radical (unpaired) electrons. The average Bonchev–Trinajstić information content (AvgIpc) is 2.97. The molecule has 0 aliphatic carbocycles. The summed E-state index contributed by atoms with van der Waals surface area (Å²) in [5.41, 5.74) is 9.75. The molecule has 1 unspecified atom stereocenters. The first-order chi connectivity index (χ1) is 12.0. The minimum atomic E-state index is -1.15. The molecule has 10 nitrogen and oxygen atoms in total. The Hall–Kier alpha value is -2.52. The molecule has 1 aliphatic heterocycles. The summed E-state index contributed by atoms with van der Waals surface area (Å²) in [5, 5.41) is 11.8. The summed E-state index contributed by atoms with van der Waals surface area (Å²) in [6.07, 6.45) is 1.12. The number of amides is 2. The largest absolute Gasteiger partial charge is 0.480 e. The van der Waals surface area contributed by atoms with Crippen molar-refractivity contribution in [1.29, 1.82) is 0 Å². The normalized spacial score (nSPS) is 18.1. The molecular weight excluding hydrogens is 342 g/mol. The van der Waals surface area contributed by atoms with Crippen molar-refractivity contribution in [3.8, 4) is 0 Å². The van der Waals surface area contributed by atoms with E-state index < -0.39 is 35.7 Å². The number of guanidine groups is 1. The Labute approximate surface area is 152 Å². The van der Waals surface area contributed by atoms with Crippen molar-refractivity contribution in [2.24, 2.45) is 16.5 Å². The third kappa shape index (κ3) is 7.16. The van der Waals surface area contributed by atoms with Crippen molar-refractivity contribution in [3.63, 3.8) is 0 Å². The van der Waals surface area contributed by atoms with Crippen LogP contribution in [-0.2, 0) is 14.3 Å². The van der Waals surface area contributed by atoms with Crippen molar-refractivity contribution in [1.82, 2.24) is 10.2 Å². The standard InChI is InChI=1S/C16H29N5O5/c1-16(2,3)26-15(25)21-9-5-7-11(21)12(22)20-10(13(23)24)6-4-8-19-14(17)18/h10-11H,4-9H2,1-3H3,(H,20,22)(H,23,24)(H4,17,18,19)/t10?,11-/m0/s1. The van der Waals surface area contributed by atoms with Gasteiger partial charge < -0.3 is 26.6 Å². The van der Waals surface area contributed by atoms with Gasteiger partial charge in [-0.15, -0.1) is 0 Å². The molecular formula is C16H29N5O5. The van der Waals surface area contributed by atoms with E-state index in [0.717, 1.165) is 0 Å². The molecule has 0 bridgehead atoms. The average molecular weight is 371 g/mol. The predicted molar refractivity (Wildman–Crippen MR) is 95.4 cm³/mol. The van der Waals surface area contributed by atoms with Crippen LogP contribution in [0, 0.1) is 0 Å². The van der Waals surface area contributed by atoms with Crippen molar-refractivity contribution >= 4 is 23.9 Å². The van der Waals surface area contributed by atoms with E-state index in [1.807, 2.05) is 0 Å². The van der Waals surface area contributed by atoms with Gasteiger partial charge in [-0.2, -0.15) is 0 Å². The summed E-state index contributed by atoms with van der Waals surface area (Å²) in [4.78, 5) is 41.2. The van der Waals surface area contributed by atoms with Gasteiger partial charge in [-0.05, 0) is 46.5 Å². The highest BCUT2D eigenvalue weighted by Gasteiger charge is 2.37. The zero-order valence-corrected chi connectivity index (χ0v) is 15.5. The maximum atomic E-state index is 12.5. The molecule has 1 fully saturated rings. The Morgan fingerprint density at radius 3 is 2.54 bits per heavy atom. The van der Waals surface area contributed by atoms with E-state index in [1.54, 1.807) is 20.8 Å². The lowest BCUT2D eigenvalue weighted by Crippen LogP contribution is -2.51. The van der Waals surface area contributed by atoms with Crippen LogP contribution in [0.1, 0.15) is 46.5 Å². The van der Waals surface area contributed by atoms with Crippen LogP contribution < -0.4 is 16.8 Å². The molecule has 2 atom stereocenters. The zero-order valence-electron chi connectivity index (χ0n) is 15.5. The lowest BCUT2D eigenvalue weighted by molar-refractivity contribution is -0.142. The number of carboxylic acids is 1.